The van der Waals surface area contributed by atoms with Crippen molar-refractivity contribution in [3.63, 3.8) is 0 Å². The van der Waals surface area contributed by atoms with E-state index in [2.05, 4.69) is 170 Å². The summed E-state index contributed by atoms with van der Waals surface area (Å²) in [5.41, 5.74) is 12.8. The zero-order valence-electron chi connectivity index (χ0n) is 27.3. The molecule has 1 aliphatic carbocycles. The number of fused-ring (bicyclic) bond motifs is 7. The monoisotopic (exact) mass is 615 g/mol. The highest BCUT2D eigenvalue weighted by Gasteiger charge is 2.20. The number of benzene rings is 8. The van der Waals surface area contributed by atoms with Crippen LogP contribution in [0.1, 0.15) is 29.5 Å². The van der Waals surface area contributed by atoms with Crippen molar-refractivity contribution < 1.29 is 0 Å². The Kier molecular flexibility index (Phi) is 7.05. The molecule has 0 saturated heterocycles. The molecule has 0 fully saturated rings. The predicted molar refractivity (Wildman–Crippen MR) is 206 cm³/mol. The molecule has 0 aromatic heterocycles. The van der Waals surface area contributed by atoms with Crippen molar-refractivity contribution in [2.24, 2.45) is 0 Å². The molecular weight excluding hydrogens is 579 g/mol. The highest BCUT2D eigenvalue weighted by atomic mass is 15.1. The Morgan fingerprint density at radius 3 is 1.58 bits per heavy atom. The maximum absolute atomic E-state index is 2.46. The fourth-order valence-corrected chi connectivity index (χ4v) is 7.91. The van der Waals surface area contributed by atoms with Crippen molar-refractivity contribution in [3.8, 4) is 22.3 Å². The Bertz CT molecular complexity index is 2420. The van der Waals surface area contributed by atoms with Gasteiger partial charge < -0.3 is 4.90 Å². The number of anilines is 3. The molecule has 1 nitrogen and oxygen atoms in total. The molecule has 0 N–H and O–H groups in total. The summed E-state index contributed by atoms with van der Waals surface area (Å²) in [5.74, 6) is 0. The summed E-state index contributed by atoms with van der Waals surface area (Å²) in [7, 11) is 0. The molecule has 0 spiro atoms. The fourth-order valence-electron chi connectivity index (χ4n) is 7.91. The Morgan fingerprint density at radius 2 is 0.896 bits per heavy atom. The van der Waals surface area contributed by atoms with E-state index in [0.717, 1.165) is 6.42 Å². The third-order valence-corrected chi connectivity index (χ3v) is 10.3. The molecule has 0 radical (unpaired) electrons. The topological polar surface area (TPSA) is 3.24 Å². The molecule has 48 heavy (non-hydrogen) atoms. The Morgan fingerprint density at radius 1 is 0.375 bits per heavy atom. The summed E-state index contributed by atoms with van der Waals surface area (Å²) in [5, 5.41) is 7.83. The SMILES string of the molecule is Cc1cc2c(cc1N(c1ccc(-c3ccc4c5ccccc5c5ccccc5c4c3)cc1)c1cccc(-c3ccccc3)c1)CCCC2. The van der Waals surface area contributed by atoms with Gasteiger partial charge in [0.1, 0.15) is 0 Å². The first-order chi connectivity index (χ1) is 23.7. The van der Waals surface area contributed by atoms with Gasteiger partial charge >= 0.3 is 0 Å². The molecule has 0 heterocycles. The molecule has 1 heteroatoms. The van der Waals surface area contributed by atoms with Crippen LogP contribution in [0, 0.1) is 6.92 Å². The zero-order valence-corrected chi connectivity index (χ0v) is 27.3. The quantitative estimate of drug-likeness (QED) is 0.174. The number of hydrogen-bond donors (Lipinski definition) is 0. The van der Waals surface area contributed by atoms with E-state index >= 15 is 0 Å². The number of aryl methyl sites for hydroxylation is 3. The Labute approximate surface area is 282 Å². The molecular formula is C47H37N. The van der Waals surface area contributed by atoms with Gasteiger partial charge in [0.15, 0.2) is 0 Å². The van der Waals surface area contributed by atoms with Crippen molar-refractivity contribution in [2.45, 2.75) is 32.6 Å². The van der Waals surface area contributed by atoms with Gasteiger partial charge in [-0.05, 0) is 140 Å². The van der Waals surface area contributed by atoms with Crippen LogP contribution in [0.5, 0.6) is 0 Å². The van der Waals surface area contributed by atoms with Crippen LogP contribution in [0.3, 0.4) is 0 Å². The van der Waals surface area contributed by atoms with E-state index < -0.39 is 0 Å². The average Bonchev–Trinajstić information content (AvgIpc) is 3.16. The van der Waals surface area contributed by atoms with Crippen LogP contribution in [0.2, 0.25) is 0 Å². The highest BCUT2D eigenvalue weighted by Crippen LogP contribution is 2.42. The van der Waals surface area contributed by atoms with Crippen LogP contribution in [0.25, 0.3) is 54.6 Å². The Hall–Kier alpha value is -5.66. The second kappa shape index (κ2) is 11.9. The predicted octanol–water partition coefficient (Wildman–Crippen LogP) is 13.1. The third-order valence-electron chi connectivity index (χ3n) is 10.3. The molecule has 8 aromatic rings. The van der Waals surface area contributed by atoms with Gasteiger partial charge in [-0.15, -0.1) is 0 Å². The smallest absolute Gasteiger partial charge is 0.0493 e. The molecule has 1 aliphatic rings. The van der Waals surface area contributed by atoms with Gasteiger partial charge in [-0.3, -0.25) is 0 Å². The van der Waals surface area contributed by atoms with Crippen LogP contribution in [-0.2, 0) is 12.8 Å². The van der Waals surface area contributed by atoms with Crippen LogP contribution in [0.4, 0.5) is 17.1 Å². The first-order valence-electron chi connectivity index (χ1n) is 17.2. The number of nitrogens with zero attached hydrogens (tertiary/aromatic N) is 1. The van der Waals surface area contributed by atoms with E-state index in [1.807, 2.05) is 0 Å². The fraction of sp³-hybridized carbons (Fsp3) is 0.106. The van der Waals surface area contributed by atoms with E-state index in [4.69, 9.17) is 0 Å². The Balaban J connectivity index is 1.17. The lowest BCUT2D eigenvalue weighted by atomic mass is 9.89. The largest absolute Gasteiger partial charge is 0.310 e. The van der Waals surface area contributed by atoms with Gasteiger partial charge in [0.25, 0.3) is 0 Å². The normalized spacial score (nSPS) is 12.8. The summed E-state index contributed by atoms with van der Waals surface area (Å²) < 4.78 is 0. The molecule has 0 atom stereocenters. The molecule has 0 amide bonds. The minimum atomic E-state index is 1.16. The van der Waals surface area contributed by atoms with Gasteiger partial charge in [0, 0.05) is 17.1 Å². The van der Waals surface area contributed by atoms with E-state index in [1.54, 1.807) is 0 Å². The van der Waals surface area contributed by atoms with E-state index in [1.165, 1.54) is 108 Å². The van der Waals surface area contributed by atoms with Crippen LogP contribution >= 0.6 is 0 Å². The van der Waals surface area contributed by atoms with Crippen molar-refractivity contribution >= 4 is 49.4 Å². The number of rotatable bonds is 5. The van der Waals surface area contributed by atoms with Crippen molar-refractivity contribution in [1.29, 1.82) is 0 Å². The van der Waals surface area contributed by atoms with Crippen molar-refractivity contribution in [1.82, 2.24) is 0 Å². The third kappa shape index (κ3) is 4.95. The molecule has 0 bridgehead atoms. The standard InChI is InChI=1S/C47H37N/c1-32-28-35-14-5-6-15-37(35)31-47(32)48(40-17-11-16-36(29-40)33-12-3-2-4-13-33)39-25-22-34(23-26-39)38-24-27-45-43-20-8-7-18-41(43)42-19-9-10-21-44(42)46(45)30-38/h2-4,7-13,16-31H,5-6,14-15H2,1H3. The minimum absolute atomic E-state index is 1.16. The van der Waals surface area contributed by atoms with E-state index in [0.29, 0.717) is 0 Å². The van der Waals surface area contributed by atoms with Crippen molar-refractivity contribution in [2.75, 3.05) is 4.90 Å². The molecule has 0 aliphatic heterocycles. The molecule has 8 aromatic carbocycles. The van der Waals surface area contributed by atoms with E-state index in [9.17, 15) is 0 Å². The second-order valence-electron chi connectivity index (χ2n) is 13.3. The molecule has 0 saturated carbocycles. The first kappa shape index (κ1) is 28.6. The molecule has 230 valence electrons. The van der Waals surface area contributed by atoms with Gasteiger partial charge in [-0.2, -0.15) is 0 Å². The summed E-state index contributed by atoms with van der Waals surface area (Å²) >= 11 is 0. The van der Waals surface area contributed by atoms with Gasteiger partial charge in [-0.1, -0.05) is 121 Å². The second-order valence-corrected chi connectivity index (χ2v) is 13.3. The maximum Gasteiger partial charge on any atom is 0.0493 e. The lowest BCUT2D eigenvalue weighted by molar-refractivity contribution is 0.685. The lowest BCUT2D eigenvalue weighted by Crippen LogP contribution is -2.13. The minimum Gasteiger partial charge on any atom is -0.310 e. The van der Waals surface area contributed by atoms with Crippen molar-refractivity contribution in [3.05, 3.63) is 174 Å². The molecule has 9 rings (SSSR count). The summed E-state index contributed by atoms with van der Waals surface area (Å²) in [6, 6.07) is 58.4. The average molecular weight is 616 g/mol. The first-order valence-corrected chi connectivity index (χ1v) is 17.2. The number of hydrogen-bond acceptors (Lipinski definition) is 1. The zero-order chi connectivity index (χ0) is 32.0. The van der Waals surface area contributed by atoms with Gasteiger partial charge in [0.2, 0.25) is 0 Å². The summed E-state index contributed by atoms with van der Waals surface area (Å²) in [6.07, 6.45) is 4.90. The highest BCUT2D eigenvalue weighted by molar-refractivity contribution is 6.25. The van der Waals surface area contributed by atoms with Crippen LogP contribution in [-0.4, -0.2) is 0 Å². The van der Waals surface area contributed by atoms with Crippen LogP contribution in [0.15, 0.2) is 158 Å². The van der Waals surface area contributed by atoms with Gasteiger partial charge in [-0.25, -0.2) is 0 Å². The van der Waals surface area contributed by atoms with Gasteiger partial charge in [0.05, 0.1) is 0 Å². The van der Waals surface area contributed by atoms with Crippen LogP contribution < -0.4 is 4.90 Å². The summed E-state index contributed by atoms with van der Waals surface area (Å²) in [4.78, 5) is 2.46. The maximum atomic E-state index is 2.46. The summed E-state index contributed by atoms with van der Waals surface area (Å²) in [6.45, 7) is 2.27. The molecule has 0 unspecified atom stereocenters. The van der Waals surface area contributed by atoms with E-state index in [-0.39, 0.29) is 0 Å². The lowest BCUT2D eigenvalue weighted by Gasteiger charge is -2.30.